The zero-order valence-corrected chi connectivity index (χ0v) is 10.1. The summed E-state index contributed by atoms with van der Waals surface area (Å²) in [5, 5.41) is 5.22. The van der Waals surface area contributed by atoms with Crippen LogP contribution in [0.4, 0.5) is 5.82 Å². The highest BCUT2D eigenvalue weighted by Crippen LogP contribution is 2.26. The van der Waals surface area contributed by atoms with Gasteiger partial charge in [0.2, 0.25) is 0 Å². The van der Waals surface area contributed by atoms with Crippen molar-refractivity contribution in [3.05, 3.63) is 42.1 Å². The van der Waals surface area contributed by atoms with E-state index in [1.165, 1.54) is 0 Å². The minimum Gasteiger partial charge on any atom is -0.382 e. The summed E-state index contributed by atoms with van der Waals surface area (Å²) in [6, 6.07) is 12.1. The maximum absolute atomic E-state index is 5.99. The van der Waals surface area contributed by atoms with Gasteiger partial charge in [-0.05, 0) is 19.2 Å². The van der Waals surface area contributed by atoms with Crippen molar-refractivity contribution in [1.82, 2.24) is 15.3 Å². The van der Waals surface area contributed by atoms with Crippen LogP contribution in [0.3, 0.4) is 0 Å². The lowest BCUT2D eigenvalue weighted by Crippen LogP contribution is -2.07. The van der Waals surface area contributed by atoms with Gasteiger partial charge in [-0.25, -0.2) is 9.97 Å². The summed E-state index contributed by atoms with van der Waals surface area (Å²) in [7, 11) is 1.90. The molecule has 0 saturated heterocycles. The Morgan fingerprint density at radius 3 is 2.72 bits per heavy atom. The van der Waals surface area contributed by atoms with E-state index < -0.39 is 0 Å². The molecule has 3 N–H and O–H groups in total. The van der Waals surface area contributed by atoms with E-state index >= 15 is 0 Å². The Labute approximate surface area is 105 Å². The zero-order chi connectivity index (χ0) is 12.5. The van der Waals surface area contributed by atoms with Crippen LogP contribution in [0.1, 0.15) is 5.69 Å². The van der Waals surface area contributed by atoms with Gasteiger partial charge in [0.1, 0.15) is 5.52 Å². The number of hydrogen-bond donors (Lipinski definition) is 2. The normalized spacial score (nSPS) is 11.2. The molecule has 0 amide bonds. The van der Waals surface area contributed by atoms with Gasteiger partial charge < -0.3 is 11.1 Å². The van der Waals surface area contributed by atoms with E-state index in [1.807, 2.05) is 37.4 Å². The minimum absolute atomic E-state index is 0.488. The van der Waals surface area contributed by atoms with Gasteiger partial charge in [-0.3, -0.25) is 0 Å². The van der Waals surface area contributed by atoms with Gasteiger partial charge in [-0.15, -0.1) is 0 Å². The number of nitrogens with two attached hydrogens (primary N) is 1. The van der Waals surface area contributed by atoms with Crippen molar-refractivity contribution < 1.29 is 0 Å². The van der Waals surface area contributed by atoms with Gasteiger partial charge in [0.15, 0.2) is 5.82 Å². The first-order chi connectivity index (χ1) is 8.79. The second-order valence-corrected chi connectivity index (χ2v) is 4.24. The fourth-order valence-electron chi connectivity index (χ4n) is 2.17. The maximum Gasteiger partial charge on any atom is 0.150 e. The van der Waals surface area contributed by atoms with Gasteiger partial charge in [-0.1, -0.05) is 24.3 Å². The lowest BCUT2D eigenvalue weighted by Gasteiger charge is -2.07. The molecule has 2 heterocycles. The average molecular weight is 238 g/mol. The fourth-order valence-corrected chi connectivity index (χ4v) is 2.17. The van der Waals surface area contributed by atoms with E-state index in [4.69, 9.17) is 5.73 Å². The summed E-state index contributed by atoms with van der Waals surface area (Å²) in [5.74, 6) is 0.488. The molecule has 18 heavy (non-hydrogen) atoms. The Morgan fingerprint density at radius 1 is 1.06 bits per heavy atom. The lowest BCUT2D eigenvalue weighted by atomic mass is 10.1. The van der Waals surface area contributed by atoms with Crippen LogP contribution < -0.4 is 11.1 Å². The SMILES string of the molecule is CNCc1ccc2c(n1)c(N)nc1ccccc12. The molecule has 0 unspecified atom stereocenters. The highest BCUT2D eigenvalue weighted by Gasteiger charge is 2.07. The van der Waals surface area contributed by atoms with Crippen LogP contribution >= 0.6 is 0 Å². The van der Waals surface area contributed by atoms with Crippen molar-refractivity contribution >= 4 is 27.6 Å². The second kappa shape index (κ2) is 4.23. The molecule has 4 heteroatoms. The Balaban J connectivity index is 2.36. The van der Waals surface area contributed by atoms with Gasteiger partial charge in [0.05, 0.1) is 11.2 Å². The van der Waals surface area contributed by atoms with Gasteiger partial charge in [0.25, 0.3) is 0 Å². The van der Waals surface area contributed by atoms with Crippen molar-refractivity contribution in [2.75, 3.05) is 12.8 Å². The van der Waals surface area contributed by atoms with E-state index in [-0.39, 0.29) is 0 Å². The quantitative estimate of drug-likeness (QED) is 0.671. The number of nitrogens with one attached hydrogen (secondary N) is 1. The first kappa shape index (κ1) is 10.9. The van der Waals surface area contributed by atoms with Crippen LogP contribution in [0, 0.1) is 0 Å². The Hall–Kier alpha value is -2.20. The van der Waals surface area contributed by atoms with E-state index in [0.29, 0.717) is 5.82 Å². The minimum atomic E-state index is 0.488. The molecular weight excluding hydrogens is 224 g/mol. The van der Waals surface area contributed by atoms with Crippen LogP contribution in [-0.2, 0) is 6.54 Å². The first-order valence-corrected chi connectivity index (χ1v) is 5.88. The van der Waals surface area contributed by atoms with Crippen LogP contribution in [0.15, 0.2) is 36.4 Å². The van der Waals surface area contributed by atoms with E-state index in [2.05, 4.69) is 21.4 Å². The smallest absolute Gasteiger partial charge is 0.150 e. The highest BCUT2D eigenvalue weighted by molar-refractivity contribution is 6.07. The van der Waals surface area contributed by atoms with Crippen molar-refractivity contribution in [2.45, 2.75) is 6.54 Å². The third-order valence-electron chi connectivity index (χ3n) is 2.99. The number of para-hydroxylation sites is 1. The number of fused-ring (bicyclic) bond motifs is 3. The lowest BCUT2D eigenvalue weighted by molar-refractivity contribution is 0.795. The molecule has 0 aliphatic heterocycles. The third-order valence-corrected chi connectivity index (χ3v) is 2.99. The van der Waals surface area contributed by atoms with Gasteiger partial charge in [0, 0.05) is 17.3 Å². The molecule has 0 aliphatic carbocycles. The maximum atomic E-state index is 5.99. The van der Waals surface area contributed by atoms with E-state index in [0.717, 1.165) is 34.0 Å². The fraction of sp³-hybridized carbons (Fsp3) is 0.143. The number of nitrogens with zero attached hydrogens (tertiary/aromatic N) is 2. The number of rotatable bonds is 2. The number of anilines is 1. The summed E-state index contributed by atoms with van der Waals surface area (Å²) in [5.41, 5.74) is 8.65. The molecule has 0 radical (unpaired) electrons. The molecule has 0 atom stereocenters. The Bertz CT molecular complexity index is 721. The van der Waals surface area contributed by atoms with Gasteiger partial charge >= 0.3 is 0 Å². The summed E-state index contributed by atoms with van der Waals surface area (Å²) < 4.78 is 0. The number of pyridine rings is 2. The van der Waals surface area contributed by atoms with E-state index in [1.54, 1.807) is 0 Å². The molecule has 0 saturated carbocycles. The molecule has 3 rings (SSSR count). The van der Waals surface area contributed by atoms with Crippen LogP contribution in [0.25, 0.3) is 21.8 Å². The predicted molar refractivity (Wildman–Crippen MR) is 74.2 cm³/mol. The Kier molecular flexibility index (Phi) is 2.57. The zero-order valence-electron chi connectivity index (χ0n) is 10.1. The Morgan fingerprint density at radius 2 is 1.89 bits per heavy atom. The molecule has 0 spiro atoms. The predicted octanol–water partition coefficient (Wildman–Crippen LogP) is 2.08. The number of aromatic nitrogens is 2. The average Bonchev–Trinajstić information content (AvgIpc) is 2.40. The molecular formula is C14H14N4. The van der Waals surface area contributed by atoms with E-state index in [9.17, 15) is 0 Å². The van der Waals surface area contributed by atoms with Crippen LogP contribution in [0.2, 0.25) is 0 Å². The second-order valence-electron chi connectivity index (χ2n) is 4.24. The third kappa shape index (κ3) is 1.67. The molecule has 3 aromatic rings. The molecule has 0 bridgehead atoms. The highest BCUT2D eigenvalue weighted by atomic mass is 14.9. The van der Waals surface area contributed by atoms with Gasteiger partial charge in [-0.2, -0.15) is 0 Å². The number of benzene rings is 1. The van der Waals surface area contributed by atoms with Crippen molar-refractivity contribution in [3.63, 3.8) is 0 Å². The summed E-state index contributed by atoms with van der Waals surface area (Å²) in [4.78, 5) is 8.96. The molecule has 0 fully saturated rings. The molecule has 4 nitrogen and oxygen atoms in total. The summed E-state index contributed by atoms with van der Waals surface area (Å²) in [6.07, 6.45) is 0. The molecule has 90 valence electrons. The van der Waals surface area contributed by atoms with Crippen molar-refractivity contribution in [2.24, 2.45) is 0 Å². The first-order valence-electron chi connectivity index (χ1n) is 5.88. The largest absolute Gasteiger partial charge is 0.382 e. The molecule has 2 aromatic heterocycles. The van der Waals surface area contributed by atoms with Crippen molar-refractivity contribution in [3.8, 4) is 0 Å². The summed E-state index contributed by atoms with van der Waals surface area (Å²) >= 11 is 0. The van der Waals surface area contributed by atoms with Crippen LogP contribution in [0.5, 0.6) is 0 Å². The standard InChI is InChI=1S/C14H14N4/c1-16-8-9-6-7-11-10-4-2-3-5-12(10)18-14(15)13(11)17-9/h2-7,16H,8H2,1H3,(H2,15,18). The molecule has 1 aromatic carbocycles. The van der Waals surface area contributed by atoms with Crippen molar-refractivity contribution in [1.29, 1.82) is 0 Å². The van der Waals surface area contributed by atoms with Crippen LogP contribution in [-0.4, -0.2) is 17.0 Å². The number of hydrogen-bond acceptors (Lipinski definition) is 4. The topological polar surface area (TPSA) is 63.8 Å². The number of nitrogen functional groups attached to an aromatic ring is 1. The monoisotopic (exact) mass is 238 g/mol. The molecule has 0 aliphatic rings. The summed E-state index contributed by atoms with van der Waals surface area (Å²) in [6.45, 7) is 0.724.